The topological polar surface area (TPSA) is 57.9 Å². The number of nitriles is 1. The molecule has 1 aromatic carbocycles. The van der Waals surface area contributed by atoms with Crippen LogP contribution in [0.3, 0.4) is 0 Å². The van der Waals surface area contributed by atoms with Crippen molar-refractivity contribution in [3.8, 4) is 6.07 Å². The van der Waals surface area contributed by atoms with E-state index < -0.39 is 23.7 Å². The van der Waals surface area contributed by atoms with Crippen molar-refractivity contribution in [3.05, 3.63) is 35.4 Å². The van der Waals surface area contributed by atoms with Crippen LogP contribution in [0.2, 0.25) is 0 Å². The molecule has 0 amide bonds. The van der Waals surface area contributed by atoms with Gasteiger partial charge in [-0.05, 0) is 18.6 Å². The SMILES string of the molecule is CCC(C)C(=O)C(F)C(=O)c1cccc(C#N)c1. The summed E-state index contributed by atoms with van der Waals surface area (Å²) in [6.07, 6.45) is -1.65. The third-order valence-electron chi connectivity index (χ3n) is 2.85. The standard InChI is InChI=1S/C14H14FNO2/c1-3-9(2)13(17)12(15)14(18)11-6-4-5-10(7-11)8-16/h4-7,9,12H,3H2,1-2H3. The van der Waals surface area contributed by atoms with Crippen LogP contribution in [0, 0.1) is 17.2 Å². The van der Waals surface area contributed by atoms with Crippen molar-refractivity contribution >= 4 is 11.6 Å². The molecule has 0 aliphatic heterocycles. The van der Waals surface area contributed by atoms with Crippen LogP contribution in [0.4, 0.5) is 4.39 Å². The van der Waals surface area contributed by atoms with Crippen LogP contribution < -0.4 is 0 Å². The number of carbonyl (C=O) groups is 2. The first-order chi connectivity index (χ1) is 8.51. The van der Waals surface area contributed by atoms with E-state index in [9.17, 15) is 14.0 Å². The largest absolute Gasteiger partial charge is 0.296 e. The van der Waals surface area contributed by atoms with E-state index >= 15 is 0 Å². The fraction of sp³-hybridized carbons (Fsp3) is 0.357. The van der Waals surface area contributed by atoms with Crippen molar-refractivity contribution in [2.45, 2.75) is 26.4 Å². The maximum atomic E-state index is 13.8. The van der Waals surface area contributed by atoms with Crippen molar-refractivity contribution in [1.29, 1.82) is 5.26 Å². The third-order valence-corrected chi connectivity index (χ3v) is 2.85. The molecule has 0 N–H and O–H groups in total. The highest BCUT2D eigenvalue weighted by atomic mass is 19.1. The highest BCUT2D eigenvalue weighted by molar-refractivity contribution is 6.13. The Morgan fingerprint density at radius 3 is 2.67 bits per heavy atom. The van der Waals surface area contributed by atoms with Gasteiger partial charge in [-0.3, -0.25) is 9.59 Å². The molecule has 0 radical (unpaired) electrons. The lowest BCUT2D eigenvalue weighted by Crippen LogP contribution is -2.30. The number of carbonyl (C=O) groups excluding carboxylic acids is 2. The Kier molecular flexibility index (Phi) is 4.73. The van der Waals surface area contributed by atoms with E-state index in [0.717, 1.165) is 0 Å². The Morgan fingerprint density at radius 1 is 1.44 bits per heavy atom. The van der Waals surface area contributed by atoms with Crippen LogP contribution in [-0.4, -0.2) is 17.7 Å². The highest BCUT2D eigenvalue weighted by Crippen LogP contribution is 2.14. The van der Waals surface area contributed by atoms with Gasteiger partial charge in [0.15, 0.2) is 5.78 Å². The molecule has 2 unspecified atom stereocenters. The Morgan fingerprint density at radius 2 is 2.11 bits per heavy atom. The van der Waals surface area contributed by atoms with Gasteiger partial charge in [0.1, 0.15) is 0 Å². The van der Waals surface area contributed by atoms with Crippen molar-refractivity contribution in [3.63, 3.8) is 0 Å². The Bertz CT molecular complexity index is 505. The van der Waals surface area contributed by atoms with Gasteiger partial charge in [0, 0.05) is 11.5 Å². The molecule has 4 heteroatoms. The molecule has 0 aromatic heterocycles. The number of alkyl halides is 1. The molecule has 0 aliphatic carbocycles. The molecular formula is C14H14FNO2. The molecule has 0 aliphatic rings. The molecule has 1 rings (SSSR count). The number of hydrogen-bond acceptors (Lipinski definition) is 3. The molecule has 18 heavy (non-hydrogen) atoms. The van der Waals surface area contributed by atoms with E-state index in [1.165, 1.54) is 24.3 Å². The molecule has 0 bridgehead atoms. The smallest absolute Gasteiger partial charge is 0.221 e. The fourth-order valence-electron chi connectivity index (χ4n) is 1.47. The number of ketones is 2. The molecule has 0 saturated carbocycles. The van der Waals surface area contributed by atoms with Crippen LogP contribution in [-0.2, 0) is 4.79 Å². The zero-order valence-corrected chi connectivity index (χ0v) is 10.3. The van der Waals surface area contributed by atoms with Crippen molar-refractivity contribution in [2.75, 3.05) is 0 Å². The minimum atomic E-state index is -2.14. The van der Waals surface area contributed by atoms with Crippen molar-refractivity contribution in [1.82, 2.24) is 0 Å². The van der Waals surface area contributed by atoms with Gasteiger partial charge in [0.2, 0.25) is 12.0 Å². The minimum absolute atomic E-state index is 0.0539. The lowest BCUT2D eigenvalue weighted by atomic mass is 9.94. The average molecular weight is 247 g/mol. The highest BCUT2D eigenvalue weighted by Gasteiger charge is 2.29. The first kappa shape index (κ1) is 14.0. The van der Waals surface area contributed by atoms with Crippen LogP contribution in [0.15, 0.2) is 24.3 Å². The van der Waals surface area contributed by atoms with Gasteiger partial charge in [-0.25, -0.2) is 4.39 Å². The van der Waals surface area contributed by atoms with E-state index in [2.05, 4.69) is 0 Å². The fourth-order valence-corrected chi connectivity index (χ4v) is 1.47. The third kappa shape index (κ3) is 3.01. The molecular weight excluding hydrogens is 233 g/mol. The lowest BCUT2D eigenvalue weighted by molar-refractivity contribution is -0.125. The van der Waals surface area contributed by atoms with Gasteiger partial charge >= 0.3 is 0 Å². The summed E-state index contributed by atoms with van der Waals surface area (Å²) < 4.78 is 13.8. The number of hydrogen-bond donors (Lipinski definition) is 0. The Labute approximate surface area is 105 Å². The van der Waals surface area contributed by atoms with Gasteiger partial charge in [0.05, 0.1) is 11.6 Å². The minimum Gasteiger partial charge on any atom is -0.296 e. The molecule has 2 atom stereocenters. The van der Waals surface area contributed by atoms with Crippen LogP contribution in [0.25, 0.3) is 0 Å². The predicted molar refractivity (Wildman–Crippen MR) is 64.8 cm³/mol. The van der Waals surface area contributed by atoms with E-state index in [0.29, 0.717) is 6.42 Å². The first-order valence-electron chi connectivity index (χ1n) is 5.73. The van der Waals surface area contributed by atoms with E-state index in [4.69, 9.17) is 5.26 Å². The summed E-state index contributed by atoms with van der Waals surface area (Å²) in [5.41, 5.74) is 0.322. The summed E-state index contributed by atoms with van der Waals surface area (Å²) in [5, 5.41) is 8.70. The summed E-state index contributed by atoms with van der Waals surface area (Å²) in [4.78, 5) is 23.4. The summed E-state index contributed by atoms with van der Waals surface area (Å²) >= 11 is 0. The Balaban J connectivity index is 2.93. The van der Waals surface area contributed by atoms with Gasteiger partial charge in [-0.1, -0.05) is 26.0 Å². The van der Waals surface area contributed by atoms with Gasteiger partial charge in [0.25, 0.3) is 0 Å². The van der Waals surface area contributed by atoms with Crippen molar-refractivity contribution in [2.24, 2.45) is 5.92 Å². The molecule has 0 saturated heterocycles. The number of Topliss-reactive ketones (excluding diaryl/α,β-unsaturated/α-hetero) is 2. The van der Waals surface area contributed by atoms with Gasteiger partial charge in [-0.2, -0.15) is 5.26 Å². The molecule has 0 heterocycles. The van der Waals surface area contributed by atoms with Crippen LogP contribution in [0.5, 0.6) is 0 Å². The molecule has 0 spiro atoms. The van der Waals surface area contributed by atoms with E-state index in [1.807, 2.05) is 6.07 Å². The van der Waals surface area contributed by atoms with Crippen molar-refractivity contribution < 1.29 is 14.0 Å². The van der Waals surface area contributed by atoms with E-state index in [-0.39, 0.29) is 11.1 Å². The zero-order valence-electron chi connectivity index (χ0n) is 10.3. The van der Waals surface area contributed by atoms with Gasteiger partial charge < -0.3 is 0 Å². The monoisotopic (exact) mass is 247 g/mol. The normalized spacial score (nSPS) is 13.4. The molecule has 94 valence electrons. The molecule has 1 aromatic rings. The average Bonchev–Trinajstić information content (AvgIpc) is 2.43. The second kappa shape index (κ2) is 6.06. The van der Waals surface area contributed by atoms with E-state index in [1.54, 1.807) is 13.8 Å². The van der Waals surface area contributed by atoms with Crippen LogP contribution >= 0.6 is 0 Å². The maximum Gasteiger partial charge on any atom is 0.221 e. The number of rotatable bonds is 5. The predicted octanol–water partition coefficient (Wildman–Crippen LogP) is 2.69. The zero-order chi connectivity index (χ0) is 13.7. The Hall–Kier alpha value is -2.02. The second-order valence-corrected chi connectivity index (χ2v) is 4.13. The summed E-state index contributed by atoms with van der Waals surface area (Å²) in [6.45, 7) is 3.35. The summed E-state index contributed by atoms with van der Waals surface area (Å²) in [6, 6.07) is 7.56. The molecule has 3 nitrogen and oxygen atoms in total. The number of nitrogens with zero attached hydrogens (tertiary/aromatic N) is 1. The second-order valence-electron chi connectivity index (χ2n) is 4.13. The van der Waals surface area contributed by atoms with Gasteiger partial charge in [-0.15, -0.1) is 0 Å². The summed E-state index contributed by atoms with van der Waals surface area (Å²) in [7, 11) is 0. The first-order valence-corrected chi connectivity index (χ1v) is 5.73. The maximum absolute atomic E-state index is 13.8. The van der Waals surface area contributed by atoms with Crippen LogP contribution in [0.1, 0.15) is 36.2 Å². The molecule has 0 fully saturated rings. The summed E-state index contributed by atoms with van der Waals surface area (Å²) in [5.74, 6) is -2.06. The quantitative estimate of drug-likeness (QED) is 0.593. The lowest BCUT2D eigenvalue weighted by Gasteiger charge is -2.11. The number of benzene rings is 1. The number of halogens is 1.